The topological polar surface area (TPSA) is 43.6 Å². The van der Waals surface area contributed by atoms with Crippen molar-refractivity contribution in [1.82, 2.24) is 19.5 Å². The zero-order valence-electron chi connectivity index (χ0n) is 31.9. The molecule has 2 heterocycles. The molecule has 0 amide bonds. The van der Waals surface area contributed by atoms with Crippen molar-refractivity contribution in [1.29, 1.82) is 0 Å². The molecule has 274 valence electrons. The maximum absolute atomic E-state index is 5.32. The summed E-state index contributed by atoms with van der Waals surface area (Å²) >= 11 is 0. The highest BCUT2D eigenvalue weighted by Crippen LogP contribution is 2.42. The van der Waals surface area contributed by atoms with Gasteiger partial charge in [-0.3, -0.25) is 0 Å². The average molecular weight is 751 g/mol. The van der Waals surface area contributed by atoms with Crippen molar-refractivity contribution < 1.29 is 0 Å². The number of hydrogen-bond acceptors (Lipinski definition) is 3. The molecule has 12 rings (SSSR count). The number of fused-ring (bicyclic) bond motifs is 8. The van der Waals surface area contributed by atoms with Crippen LogP contribution in [0.2, 0.25) is 0 Å². The Morgan fingerprint density at radius 1 is 0.288 bits per heavy atom. The van der Waals surface area contributed by atoms with Gasteiger partial charge in [0.05, 0.1) is 16.7 Å². The molecule has 0 saturated carbocycles. The van der Waals surface area contributed by atoms with Gasteiger partial charge < -0.3 is 4.57 Å². The molecule has 12 aromatic rings. The SMILES string of the molecule is c1ccc(-c2ccc3c(-c4nc(-c5ccccc5)nc(-c5cccc6ccccc56)n4)ccc(-n4c5cc6ccccc6cc5c5ccc6ccccc6c54)c3c2)cc1. The monoisotopic (exact) mass is 750 g/mol. The molecule has 0 atom stereocenters. The number of hydrogen-bond donors (Lipinski definition) is 0. The molecule has 0 bridgehead atoms. The maximum atomic E-state index is 5.32. The second kappa shape index (κ2) is 13.3. The third-order valence-electron chi connectivity index (χ3n) is 11.8. The Labute approximate surface area is 340 Å². The van der Waals surface area contributed by atoms with Crippen LogP contribution in [-0.2, 0) is 0 Å². The standard InChI is InChI=1S/C55H34N4/c1-3-14-35(15-4-1)41-27-28-44-47(55-57-53(38-18-5-2-6-19-38)56-54(58-55)46-25-13-22-36-16-9-11-23-42(36)46)30-31-50(48(44)33-41)59-51-34-40-21-8-7-20-39(40)32-49(51)45-29-26-37-17-10-12-24-43(37)52(45)59/h1-34H. The lowest BCUT2D eigenvalue weighted by Crippen LogP contribution is -2.02. The molecule has 4 nitrogen and oxygen atoms in total. The van der Waals surface area contributed by atoms with Crippen molar-refractivity contribution in [2.75, 3.05) is 0 Å². The second-order valence-electron chi connectivity index (χ2n) is 15.2. The van der Waals surface area contributed by atoms with Crippen LogP contribution in [0.1, 0.15) is 0 Å². The van der Waals surface area contributed by atoms with E-state index in [1.807, 2.05) is 18.2 Å². The third-order valence-corrected chi connectivity index (χ3v) is 11.8. The molecule has 0 aliphatic rings. The molecule has 0 aliphatic heterocycles. The van der Waals surface area contributed by atoms with Gasteiger partial charge in [-0.05, 0) is 73.8 Å². The minimum Gasteiger partial charge on any atom is -0.308 e. The smallest absolute Gasteiger partial charge is 0.164 e. The highest BCUT2D eigenvalue weighted by atomic mass is 15.0. The summed E-state index contributed by atoms with van der Waals surface area (Å²) in [6.07, 6.45) is 0. The van der Waals surface area contributed by atoms with Crippen LogP contribution in [0.3, 0.4) is 0 Å². The van der Waals surface area contributed by atoms with Crippen LogP contribution in [0.25, 0.3) is 116 Å². The van der Waals surface area contributed by atoms with Crippen molar-refractivity contribution in [3.63, 3.8) is 0 Å². The number of rotatable bonds is 5. The Hall–Kier alpha value is -7.95. The Morgan fingerprint density at radius 3 is 1.63 bits per heavy atom. The van der Waals surface area contributed by atoms with Crippen LogP contribution in [0.15, 0.2) is 206 Å². The number of benzene rings is 10. The van der Waals surface area contributed by atoms with Gasteiger partial charge in [-0.1, -0.05) is 176 Å². The molecule has 0 N–H and O–H groups in total. The number of nitrogens with zero attached hydrogens (tertiary/aromatic N) is 4. The normalized spacial score (nSPS) is 11.7. The molecule has 0 saturated heterocycles. The summed E-state index contributed by atoms with van der Waals surface area (Å²) in [5.41, 5.74) is 8.62. The zero-order chi connectivity index (χ0) is 38.9. The Balaban J connectivity index is 1.19. The quantitative estimate of drug-likeness (QED) is 0.176. The zero-order valence-corrected chi connectivity index (χ0v) is 31.9. The third kappa shape index (κ3) is 5.42. The summed E-state index contributed by atoms with van der Waals surface area (Å²) in [4.78, 5) is 15.7. The molecular weight excluding hydrogens is 717 g/mol. The molecule has 0 radical (unpaired) electrons. The summed E-state index contributed by atoms with van der Waals surface area (Å²) < 4.78 is 2.49. The summed E-state index contributed by atoms with van der Waals surface area (Å²) in [6.45, 7) is 0. The van der Waals surface area contributed by atoms with Gasteiger partial charge in [-0.2, -0.15) is 0 Å². The molecule has 59 heavy (non-hydrogen) atoms. The second-order valence-corrected chi connectivity index (χ2v) is 15.2. The van der Waals surface area contributed by atoms with Crippen LogP contribution >= 0.6 is 0 Å². The summed E-state index contributed by atoms with van der Waals surface area (Å²) in [5, 5.41) is 11.7. The van der Waals surface area contributed by atoms with E-state index in [4.69, 9.17) is 15.0 Å². The van der Waals surface area contributed by atoms with Gasteiger partial charge in [0, 0.05) is 38.2 Å². The fourth-order valence-electron chi connectivity index (χ4n) is 9.00. The van der Waals surface area contributed by atoms with Gasteiger partial charge in [0.1, 0.15) is 0 Å². The van der Waals surface area contributed by atoms with E-state index in [0.717, 1.165) is 55.0 Å². The van der Waals surface area contributed by atoms with Crippen molar-refractivity contribution >= 4 is 64.9 Å². The predicted octanol–water partition coefficient (Wildman–Crippen LogP) is 14.2. The van der Waals surface area contributed by atoms with Crippen LogP contribution in [0.4, 0.5) is 0 Å². The first-order chi connectivity index (χ1) is 29.2. The predicted molar refractivity (Wildman–Crippen MR) is 246 cm³/mol. The van der Waals surface area contributed by atoms with Gasteiger partial charge in [0.2, 0.25) is 0 Å². The fraction of sp³-hybridized carbons (Fsp3) is 0. The first-order valence-electron chi connectivity index (χ1n) is 20.0. The maximum Gasteiger partial charge on any atom is 0.164 e. The van der Waals surface area contributed by atoms with Crippen LogP contribution in [0, 0.1) is 0 Å². The van der Waals surface area contributed by atoms with Gasteiger partial charge in [0.25, 0.3) is 0 Å². The lowest BCUT2D eigenvalue weighted by Gasteiger charge is -2.17. The molecular formula is C55H34N4. The van der Waals surface area contributed by atoms with E-state index < -0.39 is 0 Å². The van der Waals surface area contributed by atoms with Crippen molar-refractivity contribution in [3.8, 4) is 51.0 Å². The van der Waals surface area contributed by atoms with Crippen molar-refractivity contribution in [2.45, 2.75) is 0 Å². The minimum absolute atomic E-state index is 0.629. The van der Waals surface area contributed by atoms with E-state index in [1.54, 1.807) is 0 Å². The average Bonchev–Trinajstić information content (AvgIpc) is 3.63. The fourth-order valence-corrected chi connectivity index (χ4v) is 9.00. The number of aromatic nitrogens is 4. The molecule has 0 spiro atoms. The first-order valence-corrected chi connectivity index (χ1v) is 20.0. The molecule has 10 aromatic carbocycles. The molecule has 4 heteroatoms. The lowest BCUT2D eigenvalue weighted by atomic mass is 9.96. The Morgan fingerprint density at radius 2 is 0.864 bits per heavy atom. The van der Waals surface area contributed by atoms with Crippen molar-refractivity contribution in [3.05, 3.63) is 206 Å². The van der Waals surface area contributed by atoms with Crippen LogP contribution in [-0.4, -0.2) is 19.5 Å². The van der Waals surface area contributed by atoms with Gasteiger partial charge in [0.15, 0.2) is 17.5 Å². The lowest BCUT2D eigenvalue weighted by molar-refractivity contribution is 1.08. The molecule has 0 unspecified atom stereocenters. The van der Waals surface area contributed by atoms with Crippen LogP contribution < -0.4 is 0 Å². The van der Waals surface area contributed by atoms with E-state index in [1.165, 1.54) is 43.4 Å². The Bertz CT molecular complexity index is 3600. The van der Waals surface area contributed by atoms with E-state index in [0.29, 0.717) is 17.5 Å². The van der Waals surface area contributed by atoms with E-state index in [2.05, 4.69) is 193 Å². The molecule has 0 aliphatic carbocycles. The van der Waals surface area contributed by atoms with E-state index >= 15 is 0 Å². The summed E-state index contributed by atoms with van der Waals surface area (Å²) in [7, 11) is 0. The Kier molecular flexibility index (Phi) is 7.50. The highest BCUT2D eigenvalue weighted by Gasteiger charge is 2.21. The van der Waals surface area contributed by atoms with Crippen LogP contribution in [0.5, 0.6) is 0 Å². The van der Waals surface area contributed by atoms with E-state index in [-0.39, 0.29) is 0 Å². The summed E-state index contributed by atoms with van der Waals surface area (Å²) in [5.74, 6) is 1.91. The van der Waals surface area contributed by atoms with Crippen molar-refractivity contribution in [2.24, 2.45) is 0 Å². The van der Waals surface area contributed by atoms with Gasteiger partial charge in [-0.25, -0.2) is 15.0 Å². The highest BCUT2D eigenvalue weighted by molar-refractivity contribution is 6.21. The summed E-state index contributed by atoms with van der Waals surface area (Å²) in [6, 6.07) is 73.6. The molecule has 0 fully saturated rings. The van der Waals surface area contributed by atoms with Gasteiger partial charge >= 0.3 is 0 Å². The minimum atomic E-state index is 0.629. The largest absolute Gasteiger partial charge is 0.308 e. The van der Waals surface area contributed by atoms with E-state index in [9.17, 15) is 0 Å². The molecule has 2 aromatic heterocycles. The van der Waals surface area contributed by atoms with Gasteiger partial charge in [-0.15, -0.1) is 0 Å². The first kappa shape index (κ1) is 33.2.